The lowest BCUT2D eigenvalue weighted by Crippen LogP contribution is -2.26. The molecule has 19 heavy (non-hydrogen) atoms. The molecule has 0 radical (unpaired) electrons. The second-order valence-electron chi connectivity index (χ2n) is 4.35. The highest BCUT2D eigenvalue weighted by Gasteiger charge is 2.16. The van der Waals surface area contributed by atoms with Crippen molar-refractivity contribution in [2.45, 2.75) is 11.4 Å². The zero-order valence-corrected chi connectivity index (χ0v) is 12.3. The molecule has 0 bridgehead atoms. The molecule has 1 aromatic heterocycles. The summed E-state index contributed by atoms with van der Waals surface area (Å²) in [5.41, 5.74) is 1.43. The van der Waals surface area contributed by atoms with E-state index in [0.717, 1.165) is 5.56 Å². The Labute approximate surface area is 122 Å². The maximum atomic E-state index is 12.3. The van der Waals surface area contributed by atoms with Crippen LogP contribution in [0, 0.1) is 0 Å². The lowest BCUT2D eigenvalue weighted by atomic mass is 10.2. The summed E-state index contributed by atoms with van der Waals surface area (Å²) in [6.07, 6.45) is 3.61. The predicted octanol–water partition coefficient (Wildman–Crippen LogP) is 2.63. The Morgan fingerprint density at radius 2 is 2.26 bits per heavy atom. The summed E-state index contributed by atoms with van der Waals surface area (Å²) in [5, 5.41) is 4.51. The number of halogens is 1. The minimum Gasteiger partial charge on any atom is -0.337 e. The predicted molar refractivity (Wildman–Crippen MR) is 77.7 cm³/mol. The number of aryl methyl sites for hydroxylation is 1. The highest BCUT2D eigenvalue weighted by atomic mass is 35.5. The van der Waals surface area contributed by atoms with E-state index in [1.54, 1.807) is 41.0 Å². The van der Waals surface area contributed by atoms with Crippen molar-refractivity contribution in [3.05, 3.63) is 46.7 Å². The van der Waals surface area contributed by atoms with Gasteiger partial charge in [0.15, 0.2) is 0 Å². The molecule has 0 aliphatic carbocycles. The third kappa shape index (κ3) is 3.30. The molecule has 100 valence electrons. The maximum absolute atomic E-state index is 12.3. The van der Waals surface area contributed by atoms with Gasteiger partial charge >= 0.3 is 0 Å². The number of thiol groups is 1. The van der Waals surface area contributed by atoms with Crippen molar-refractivity contribution in [3.63, 3.8) is 0 Å². The van der Waals surface area contributed by atoms with Crippen LogP contribution < -0.4 is 0 Å². The summed E-state index contributed by atoms with van der Waals surface area (Å²) in [5.74, 6) is -0.134. The first kappa shape index (κ1) is 14.0. The van der Waals surface area contributed by atoms with Crippen LogP contribution in [0.1, 0.15) is 15.9 Å². The van der Waals surface area contributed by atoms with Crippen LogP contribution in [0.5, 0.6) is 0 Å². The number of hydrogen-bond acceptors (Lipinski definition) is 3. The fourth-order valence-corrected chi connectivity index (χ4v) is 2.18. The molecule has 6 heteroatoms. The van der Waals surface area contributed by atoms with Gasteiger partial charge in [-0.25, -0.2) is 0 Å². The van der Waals surface area contributed by atoms with Gasteiger partial charge in [-0.3, -0.25) is 9.48 Å². The van der Waals surface area contributed by atoms with E-state index in [1.807, 2.05) is 13.2 Å². The number of aromatic nitrogens is 2. The molecule has 0 spiro atoms. The van der Waals surface area contributed by atoms with Crippen LogP contribution in [0.15, 0.2) is 35.5 Å². The number of benzene rings is 1. The van der Waals surface area contributed by atoms with Crippen molar-refractivity contribution in [2.24, 2.45) is 7.05 Å². The van der Waals surface area contributed by atoms with Crippen molar-refractivity contribution in [1.29, 1.82) is 0 Å². The van der Waals surface area contributed by atoms with Gasteiger partial charge in [-0.2, -0.15) is 5.10 Å². The van der Waals surface area contributed by atoms with Gasteiger partial charge in [0.25, 0.3) is 5.91 Å². The molecule has 2 aromatic rings. The van der Waals surface area contributed by atoms with Crippen molar-refractivity contribution in [3.8, 4) is 0 Å². The summed E-state index contributed by atoms with van der Waals surface area (Å²) in [6, 6.07) is 5.10. The summed E-state index contributed by atoms with van der Waals surface area (Å²) < 4.78 is 1.70. The van der Waals surface area contributed by atoms with Gasteiger partial charge in [0, 0.05) is 37.3 Å². The van der Waals surface area contributed by atoms with Crippen molar-refractivity contribution < 1.29 is 4.79 Å². The molecule has 4 nitrogen and oxygen atoms in total. The van der Waals surface area contributed by atoms with Crippen molar-refractivity contribution in [2.75, 3.05) is 7.05 Å². The van der Waals surface area contributed by atoms with Gasteiger partial charge in [-0.05, 0) is 18.2 Å². The fraction of sp³-hybridized carbons (Fsp3) is 0.231. The maximum Gasteiger partial charge on any atom is 0.255 e. The van der Waals surface area contributed by atoms with E-state index in [0.29, 0.717) is 22.0 Å². The van der Waals surface area contributed by atoms with Crippen LogP contribution in [0.25, 0.3) is 0 Å². The first-order chi connectivity index (χ1) is 8.97. The molecule has 1 amide bonds. The van der Waals surface area contributed by atoms with Gasteiger partial charge in [0.2, 0.25) is 0 Å². The summed E-state index contributed by atoms with van der Waals surface area (Å²) in [7, 11) is 3.57. The number of carbonyl (C=O) groups is 1. The molecule has 0 saturated carbocycles. The number of hydrogen-bond donors (Lipinski definition) is 1. The highest BCUT2D eigenvalue weighted by Crippen LogP contribution is 2.21. The Morgan fingerprint density at radius 3 is 2.89 bits per heavy atom. The average Bonchev–Trinajstić information content (AvgIpc) is 2.77. The Hall–Kier alpha value is -1.46. The lowest BCUT2D eigenvalue weighted by Gasteiger charge is -2.17. The zero-order chi connectivity index (χ0) is 14.0. The second-order valence-corrected chi connectivity index (χ2v) is 5.27. The smallest absolute Gasteiger partial charge is 0.255 e. The quantitative estimate of drug-likeness (QED) is 0.884. The zero-order valence-electron chi connectivity index (χ0n) is 10.7. The molecule has 0 aliphatic rings. The van der Waals surface area contributed by atoms with Crippen molar-refractivity contribution >= 4 is 30.1 Å². The molecule has 0 fully saturated rings. The first-order valence-corrected chi connectivity index (χ1v) is 6.51. The molecule has 0 N–H and O–H groups in total. The number of nitrogens with zero attached hydrogens (tertiary/aromatic N) is 3. The van der Waals surface area contributed by atoms with Crippen LogP contribution in [-0.2, 0) is 13.6 Å². The normalized spacial score (nSPS) is 10.5. The Kier molecular flexibility index (Phi) is 4.17. The first-order valence-electron chi connectivity index (χ1n) is 5.69. The molecule has 0 saturated heterocycles. The largest absolute Gasteiger partial charge is 0.337 e. The monoisotopic (exact) mass is 295 g/mol. The third-order valence-electron chi connectivity index (χ3n) is 2.71. The minimum atomic E-state index is -0.134. The molecular weight excluding hydrogens is 282 g/mol. The number of amides is 1. The van der Waals surface area contributed by atoms with E-state index < -0.39 is 0 Å². The Morgan fingerprint density at radius 1 is 1.53 bits per heavy atom. The van der Waals surface area contributed by atoms with Crippen LogP contribution in [0.3, 0.4) is 0 Å². The van der Waals surface area contributed by atoms with Crippen LogP contribution in [0.2, 0.25) is 5.02 Å². The summed E-state index contributed by atoms with van der Waals surface area (Å²) >= 11 is 10.3. The average molecular weight is 296 g/mol. The van der Waals surface area contributed by atoms with Gasteiger partial charge in [0.1, 0.15) is 0 Å². The molecule has 0 aliphatic heterocycles. The van der Waals surface area contributed by atoms with Crippen molar-refractivity contribution in [1.82, 2.24) is 14.7 Å². The highest BCUT2D eigenvalue weighted by molar-refractivity contribution is 7.80. The summed E-state index contributed by atoms with van der Waals surface area (Å²) in [6.45, 7) is 0.486. The van der Waals surface area contributed by atoms with E-state index in [1.165, 1.54) is 0 Å². The van der Waals surface area contributed by atoms with Gasteiger partial charge < -0.3 is 4.90 Å². The van der Waals surface area contributed by atoms with E-state index >= 15 is 0 Å². The number of rotatable bonds is 3. The lowest BCUT2D eigenvalue weighted by molar-refractivity contribution is 0.0785. The van der Waals surface area contributed by atoms with E-state index in [2.05, 4.69) is 17.7 Å². The van der Waals surface area contributed by atoms with Crippen LogP contribution in [0.4, 0.5) is 0 Å². The molecule has 0 unspecified atom stereocenters. The Bertz CT molecular complexity index is 612. The van der Waals surface area contributed by atoms with E-state index in [4.69, 9.17) is 11.6 Å². The standard InChI is InChI=1S/C13H14ClN3OS/c1-16(7-9-6-15-17(2)8-9)13(18)11-5-10(19)3-4-12(11)14/h3-6,8,19H,7H2,1-2H3. The van der Waals surface area contributed by atoms with E-state index in [9.17, 15) is 4.79 Å². The van der Waals surface area contributed by atoms with Crippen LogP contribution in [-0.4, -0.2) is 27.6 Å². The molecule has 1 aromatic carbocycles. The van der Waals surface area contributed by atoms with Gasteiger partial charge in [0.05, 0.1) is 16.8 Å². The SMILES string of the molecule is CN(Cc1cnn(C)c1)C(=O)c1cc(S)ccc1Cl. The van der Waals surface area contributed by atoms with Gasteiger partial charge in [-0.1, -0.05) is 11.6 Å². The minimum absolute atomic E-state index is 0.134. The fourth-order valence-electron chi connectivity index (χ4n) is 1.78. The molecule has 1 heterocycles. The Balaban J connectivity index is 2.16. The second kappa shape index (κ2) is 5.67. The third-order valence-corrected chi connectivity index (χ3v) is 3.31. The molecular formula is C13H14ClN3OS. The number of carbonyl (C=O) groups excluding carboxylic acids is 1. The summed E-state index contributed by atoms with van der Waals surface area (Å²) in [4.78, 5) is 14.6. The molecule has 2 rings (SSSR count). The van der Waals surface area contributed by atoms with Gasteiger partial charge in [-0.15, -0.1) is 12.6 Å². The topological polar surface area (TPSA) is 38.1 Å². The van der Waals surface area contributed by atoms with Crippen LogP contribution >= 0.6 is 24.2 Å². The van der Waals surface area contributed by atoms with E-state index in [-0.39, 0.29) is 5.91 Å². The molecule has 0 atom stereocenters.